The first kappa shape index (κ1) is 25.3. The first-order chi connectivity index (χ1) is 17.8. The molecule has 10 nitrogen and oxygen atoms in total. The molecule has 188 valence electrons. The Morgan fingerprint density at radius 2 is 1.68 bits per heavy atom. The van der Waals surface area contributed by atoms with Gasteiger partial charge in [0.05, 0.1) is 33.8 Å². The number of H-pyrrole nitrogens is 1. The average Bonchev–Trinajstić information content (AvgIpc) is 3.33. The molecule has 4 rings (SSSR count). The second kappa shape index (κ2) is 10.9. The summed E-state index contributed by atoms with van der Waals surface area (Å²) in [6.45, 7) is 3.57. The van der Waals surface area contributed by atoms with Crippen molar-refractivity contribution in [1.29, 1.82) is 0 Å². The summed E-state index contributed by atoms with van der Waals surface area (Å²) < 4.78 is 1.43. The first-order valence-corrected chi connectivity index (χ1v) is 11.3. The number of aromatic nitrogens is 2. The fourth-order valence-electron chi connectivity index (χ4n) is 3.75. The van der Waals surface area contributed by atoms with Crippen molar-refractivity contribution in [2.45, 2.75) is 20.5 Å². The number of benzene rings is 2. The molecule has 10 heteroatoms. The van der Waals surface area contributed by atoms with Gasteiger partial charge in [0.1, 0.15) is 6.61 Å². The number of aromatic carboxylic acids is 1. The van der Waals surface area contributed by atoms with Crippen molar-refractivity contribution in [3.63, 3.8) is 0 Å². The van der Waals surface area contributed by atoms with E-state index in [9.17, 15) is 14.4 Å². The maximum atomic E-state index is 12.9. The van der Waals surface area contributed by atoms with Gasteiger partial charge in [0, 0.05) is 5.69 Å². The molecular weight excluding hydrogens is 476 g/mol. The number of anilines is 1. The number of aryl methyl sites for hydroxylation is 1. The van der Waals surface area contributed by atoms with Crippen LogP contribution in [0.5, 0.6) is 0 Å². The molecule has 0 saturated carbocycles. The highest BCUT2D eigenvalue weighted by Crippen LogP contribution is 2.24. The molecule has 0 fully saturated rings. The zero-order valence-electron chi connectivity index (χ0n) is 20.1. The molecule has 0 spiro atoms. The van der Waals surface area contributed by atoms with Gasteiger partial charge in [0.15, 0.2) is 0 Å². The minimum Gasteiger partial charge on any atom is -0.478 e. The van der Waals surface area contributed by atoms with Crippen LogP contribution >= 0.6 is 0 Å². The van der Waals surface area contributed by atoms with Gasteiger partial charge in [-0.1, -0.05) is 30.4 Å². The summed E-state index contributed by atoms with van der Waals surface area (Å²) in [5.74, 6) is -1.37. The van der Waals surface area contributed by atoms with E-state index in [0.717, 1.165) is 5.56 Å². The SMILES string of the molecule is CC1=NN(c2ccc(C(=O)O)cc2)C(=O)C1=CC=CC=Cc1c(C)[nH]n(-c2ccc(COO)cc2)c1=O. The first-order valence-electron chi connectivity index (χ1n) is 11.3. The van der Waals surface area contributed by atoms with Crippen LogP contribution in [-0.2, 0) is 16.3 Å². The van der Waals surface area contributed by atoms with E-state index < -0.39 is 5.97 Å². The number of carboxylic acids is 1. The van der Waals surface area contributed by atoms with Crippen molar-refractivity contribution in [3.8, 4) is 5.69 Å². The van der Waals surface area contributed by atoms with E-state index in [1.54, 1.807) is 68.5 Å². The summed E-state index contributed by atoms with van der Waals surface area (Å²) in [4.78, 5) is 40.8. The number of aromatic amines is 1. The molecule has 0 aliphatic carbocycles. The van der Waals surface area contributed by atoms with Crippen LogP contribution in [0.3, 0.4) is 0 Å². The molecule has 0 saturated heterocycles. The normalized spacial score (nSPS) is 14.9. The lowest BCUT2D eigenvalue weighted by Gasteiger charge is -2.11. The van der Waals surface area contributed by atoms with Gasteiger partial charge < -0.3 is 5.11 Å². The molecule has 0 atom stereocenters. The second-order valence-electron chi connectivity index (χ2n) is 8.21. The van der Waals surface area contributed by atoms with Gasteiger partial charge >= 0.3 is 5.97 Å². The Morgan fingerprint density at radius 1 is 1.00 bits per heavy atom. The molecule has 1 amide bonds. The Hall–Kier alpha value is -4.80. The number of carbonyl (C=O) groups excluding carboxylic acids is 1. The minimum atomic E-state index is -1.05. The Balaban J connectivity index is 1.46. The van der Waals surface area contributed by atoms with Crippen molar-refractivity contribution in [2.24, 2.45) is 5.10 Å². The summed E-state index contributed by atoms with van der Waals surface area (Å²) in [5.41, 5.74) is 3.90. The van der Waals surface area contributed by atoms with E-state index >= 15 is 0 Å². The smallest absolute Gasteiger partial charge is 0.335 e. The topological polar surface area (TPSA) is 137 Å². The molecule has 1 aliphatic rings. The zero-order chi connectivity index (χ0) is 26.5. The van der Waals surface area contributed by atoms with E-state index in [2.05, 4.69) is 15.1 Å². The predicted molar refractivity (Wildman–Crippen MR) is 139 cm³/mol. The number of nitrogens with one attached hydrogen (secondary N) is 1. The van der Waals surface area contributed by atoms with Crippen LogP contribution < -0.4 is 10.6 Å². The Labute approximate surface area is 211 Å². The molecular formula is C27H24N4O6. The number of hydrogen-bond acceptors (Lipinski definition) is 6. The number of carboxylic acid groups (broad SMARTS) is 1. The van der Waals surface area contributed by atoms with Gasteiger partial charge in [0.2, 0.25) is 0 Å². The van der Waals surface area contributed by atoms with Crippen molar-refractivity contribution in [2.75, 3.05) is 5.01 Å². The number of nitrogens with zero attached hydrogens (tertiary/aromatic N) is 3. The molecule has 0 bridgehead atoms. The molecule has 3 aromatic rings. The van der Waals surface area contributed by atoms with Crippen LogP contribution in [0.4, 0.5) is 5.69 Å². The lowest BCUT2D eigenvalue weighted by molar-refractivity contribution is -0.253. The predicted octanol–water partition coefficient (Wildman–Crippen LogP) is 4.08. The monoisotopic (exact) mass is 500 g/mol. The zero-order valence-corrected chi connectivity index (χ0v) is 20.1. The van der Waals surface area contributed by atoms with E-state index in [-0.39, 0.29) is 23.6 Å². The van der Waals surface area contributed by atoms with Gasteiger partial charge in [0.25, 0.3) is 11.5 Å². The van der Waals surface area contributed by atoms with Crippen molar-refractivity contribution in [3.05, 3.63) is 111 Å². The lowest BCUT2D eigenvalue weighted by atomic mass is 10.1. The van der Waals surface area contributed by atoms with Crippen LogP contribution in [0.25, 0.3) is 11.8 Å². The molecule has 1 aromatic heterocycles. The van der Waals surface area contributed by atoms with Crippen molar-refractivity contribution >= 4 is 29.4 Å². The lowest BCUT2D eigenvalue weighted by Crippen LogP contribution is -2.21. The third-order valence-electron chi connectivity index (χ3n) is 5.71. The van der Waals surface area contributed by atoms with Gasteiger partial charge in [-0.05, 0) is 68.0 Å². The third-order valence-corrected chi connectivity index (χ3v) is 5.71. The highest BCUT2D eigenvalue weighted by atomic mass is 17.1. The van der Waals surface area contributed by atoms with Crippen LogP contribution in [0, 0.1) is 6.92 Å². The minimum absolute atomic E-state index is 0.0598. The molecule has 0 unspecified atom stereocenters. The molecule has 2 heterocycles. The molecule has 3 N–H and O–H groups in total. The standard InChI is InChI=1S/C27H24N4O6/c1-17-23(25(32)30(28-17)21-12-8-19(9-13-21)16-37-36)6-4-3-5-7-24-18(2)29-31(26(24)33)22-14-10-20(11-15-22)27(34)35/h3-15,28,36H,16H2,1-2H3,(H,34,35). The Kier molecular flexibility index (Phi) is 7.42. The summed E-state index contributed by atoms with van der Waals surface area (Å²) in [5, 5.41) is 26.2. The van der Waals surface area contributed by atoms with E-state index in [4.69, 9.17) is 10.4 Å². The quantitative estimate of drug-likeness (QED) is 0.184. The number of amides is 1. The summed E-state index contributed by atoms with van der Waals surface area (Å²) in [6.07, 6.45) is 8.41. The van der Waals surface area contributed by atoms with Gasteiger partial charge in [-0.3, -0.25) is 19.9 Å². The Morgan fingerprint density at radius 3 is 2.32 bits per heavy atom. The summed E-state index contributed by atoms with van der Waals surface area (Å²) >= 11 is 0. The fraction of sp³-hybridized carbons (Fsp3) is 0.111. The van der Waals surface area contributed by atoms with Gasteiger partial charge in [-0.15, -0.1) is 0 Å². The van der Waals surface area contributed by atoms with Gasteiger partial charge in [-0.2, -0.15) is 10.1 Å². The molecule has 37 heavy (non-hydrogen) atoms. The average molecular weight is 501 g/mol. The highest BCUT2D eigenvalue weighted by molar-refractivity contribution is 6.29. The van der Waals surface area contributed by atoms with Gasteiger partial charge in [-0.25, -0.2) is 14.4 Å². The Bertz CT molecular complexity index is 1510. The van der Waals surface area contributed by atoms with Crippen LogP contribution in [-0.4, -0.2) is 37.7 Å². The fourth-order valence-corrected chi connectivity index (χ4v) is 3.75. The molecule has 2 aromatic carbocycles. The second-order valence-corrected chi connectivity index (χ2v) is 8.21. The highest BCUT2D eigenvalue weighted by Gasteiger charge is 2.28. The van der Waals surface area contributed by atoms with Crippen molar-refractivity contribution < 1.29 is 24.8 Å². The maximum Gasteiger partial charge on any atom is 0.335 e. The van der Waals surface area contributed by atoms with Crippen molar-refractivity contribution in [1.82, 2.24) is 9.78 Å². The number of hydrazone groups is 1. The van der Waals surface area contributed by atoms with E-state index in [1.165, 1.54) is 34.0 Å². The summed E-state index contributed by atoms with van der Waals surface area (Å²) in [6, 6.07) is 12.9. The molecule has 1 aliphatic heterocycles. The largest absolute Gasteiger partial charge is 0.478 e. The number of allylic oxidation sites excluding steroid dienone is 4. The van der Waals surface area contributed by atoms with Crippen LogP contribution in [0.15, 0.2) is 88.3 Å². The van der Waals surface area contributed by atoms with E-state index in [0.29, 0.717) is 33.9 Å². The van der Waals surface area contributed by atoms with Crippen LogP contribution in [0.1, 0.15) is 34.1 Å². The van der Waals surface area contributed by atoms with E-state index in [1.807, 2.05) is 0 Å². The third kappa shape index (κ3) is 5.40. The number of rotatable bonds is 8. The number of carbonyl (C=O) groups is 2. The summed E-state index contributed by atoms with van der Waals surface area (Å²) in [7, 11) is 0. The van der Waals surface area contributed by atoms with Crippen LogP contribution in [0.2, 0.25) is 0 Å². The number of hydrogen-bond donors (Lipinski definition) is 3. The maximum absolute atomic E-state index is 12.9. The molecule has 0 radical (unpaired) electrons.